The van der Waals surface area contributed by atoms with Crippen LogP contribution in [-0.4, -0.2) is 11.1 Å². The van der Waals surface area contributed by atoms with E-state index >= 15 is 0 Å². The van der Waals surface area contributed by atoms with Crippen molar-refractivity contribution in [3.8, 4) is 0 Å². The Morgan fingerprint density at radius 1 is 1.17 bits per heavy atom. The first-order chi connectivity index (χ1) is 8.75. The van der Waals surface area contributed by atoms with Crippen molar-refractivity contribution in [1.29, 1.82) is 0 Å². The predicted octanol–water partition coefficient (Wildman–Crippen LogP) is 3.62. The second kappa shape index (κ2) is 6.36. The Hall–Kier alpha value is -1.61. The van der Waals surface area contributed by atoms with Crippen LogP contribution in [0.25, 0.3) is 0 Å². The summed E-state index contributed by atoms with van der Waals surface area (Å²) in [6.07, 6.45) is 2.15. The predicted molar refractivity (Wildman–Crippen MR) is 73.9 cm³/mol. The molecule has 1 unspecified atom stereocenters. The standard InChI is InChI=1S/C15H16O2S/c16-15(17)14(7-6-13-8-9-18-11-13)10-12-4-2-1-3-5-12/h1-5,8-9,11,14H,6-7,10H2,(H,16,17). The number of carboxylic acids is 1. The fourth-order valence-corrected chi connectivity index (χ4v) is 2.69. The Balaban J connectivity index is 1.94. The number of aliphatic carboxylic acids is 1. The second-order valence-electron chi connectivity index (χ2n) is 4.40. The molecule has 1 atom stereocenters. The first-order valence-electron chi connectivity index (χ1n) is 6.03. The number of hydrogen-bond donors (Lipinski definition) is 1. The summed E-state index contributed by atoms with van der Waals surface area (Å²) in [4.78, 5) is 11.3. The topological polar surface area (TPSA) is 37.3 Å². The molecule has 1 aromatic heterocycles. The monoisotopic (exact) mass is 260 g/mol. The average Bonchev–Trinajstić information content (AvgIpc) is 2.88. The van der Waals surface area contributed by atoms with E-state index in [1.54, 1.807) is 11.3 Å². The van der Waals surface area contributed by atoms with Gasteiger partial charge in [-0.25, -0.2) is 0 Å². The van der Waals surface area contributed by atoms with E-state index in [1.165, 1.54) is 5.56 Å². The first-order valence-corrected chi connectivity index (χ1v) is 6.98. The van der Waals surface area contributed by atoms with Gasteiger partial charge in [0.15, 0.2) is 0 Å². The lowest BCUT2D eigenvalue weighted by atomic mass is 9.93. The smallest absolute Gasteiger partial charge is 0.306 e. The quantitative estimate of drug-likeness (QED) is 0.861. The van der Waals surface area contributed by atoms with Gasteiger partial charge in [0.05, 0.1) is 5.92 Å². The van der Waals surface area contributed by atoms with Gasteiger partial charge in [-0.15, -0.1) is 0 Å². The molecule has 18 heavy (non-hydrogen) atoms. The van der Waals surface area contributed by atoms with E-state index in [1.807, 2.05) is 35.7 Å². The van der Waals surface area contributed by atoms with Gasteiger partial charge in [-0.3, -0.25) is 4.79 Å². The van der Waals surface area contributed by atoms with E-state index in [9.17, 15) is 9.90 Å². The van der Waals surface area contributed by atoms with Crippen molar-refractivity contribution < 1.29 is 9.90 Å². The van der Waals surface area contributed by atoms with E-state index in [2.05, 4.69) is 11.4 Å². The largest absolute Gasteiger partial charge is 0.481 e. The summed E-state index contributed by atoms with van der Waals surface area (Å²) in [5.41, 5.74) is 2.33. The lowest BCUT2D eigenvalue weighted by Gasteiger charge is -2.11. The van der Waals surface area contributed by atoms with Crippen LogP contribution in [-0.2, 0) is 17.6 Å². The summed E-state index contributed by atoms with van der Waals surface area (Å²) in [7, 11) is 0. The third-order valence-corrected chi connectivity index (χ3v) is 3.77. The number of benzene rings is 1. The number of thiophene rings is 1. The molecule has 0 aliphatic rings. The molecule has 0 spiro atoms. The molecular formula is C15H16O2S. The fourth-order valence-electron chi connectivity index (χ4n) is 1.99. The Labute approximate surface area is 111 Å². The lowest BCUT2D eigenvalue weighted by molar-refractivity contribution is -0.141. The minimum absolute atomic E-state index is 0.299. The summed E-state index contributed by atoms with van der Waals surface area (Å²) < 4.78 is 0. The van der Waals surface area contributed by atoms with Crippen molar-refractivity contribution in [1.82, 2.24) is 0 Å². The van der Waals surface area contributed by atoms with Crippen LogP contribution in [0.3, 0.4) is 0 Å². The highest BCUT2D eigenvalue weighted by Gasteiger charge is 2.17. The molecule has 1 heterocycles. The maximum atomic E-state index is 11.3. The van der Waals surface area contributed by atoms with Gasteiger partial charge in [0, 0.05) is 0 Å². The molecule has 0 amide bonds. The summed E-state index contributed by atoms with van der Waals surface area (Å²) in [5, 5.41) is 13.4. The van der Waals surface area contributed by atoms with Crippen LogP contribution in [0.15, 0.2) is 47.2 Å². The molecule has 1 N–H and O–H groups in total. The normalized spacial score (nSPS) is 12.2. The molecule has 94 valence electrons. The molecule has 2 rings (SSSR count). The van der Waals surface area contributed by atoms with Gasteiger partial charge in [-0.2, -0.15) is 11.3 Å². The summed E-state index contributed by atoms with van der Waals surface area (Å²) in [5.74, 6) is -0.999. The van der Waals surface area contributed by atoms with Gasteiger partial charge < -0.3 is 5.11 Å². The molecular weight excluding hydrogens is 244 g/mol. The fraction of sp³-hybridized carbons (Fsp3) is 0.267. The average molecular weight is 260 g/mol. The highest BCUT2D eigenvalue weighted by molar-refractivity contribution is 7.07. The molecule has 0 fully saturated rings. The number of rotatable bonds is 6. The van der Waals surface area contributed by atoms with Gasteiger partial charge >= 0.3 is 5.97 Å². The first kappa shape index (κ1) is 12.8. The molecule has 0 aliphatic heterocycles. The summed E-state index contributed by atoms with van der Waals surface area (Å²) in [6.45, 7) is 0. The molecule has 2 nitrogen and oxygen atoms in total. The van der Waals surface area contributed by atoms with E-state index in [4.69, 9.17) is 0 Å². The van der Waals surface area contributed by atoms with Gasteiger partial charge in [0.25, 0.3) is 0 Å². The molecule has 1 aromatic carbocycles. The minimum Gasteiger partial charge on any atom is -0.481 e. The van der Waals surface area contributed by atoms with Gasteiger partial charge in [0.2, 0.25) is 0 Å². The van der Waals surface area contributed by atoms with E-state index < -0.39 is 5.97 Å². The van der Waals surface area contributed by atoms with Crippen molar-refractivity contribution in [3.63, 3.8) is 0 Å². The zero-order chi connectivity index (χ0) is 12.8. The Morgan fingerprint density at radius 2 is 1.94 bits per heavy atom. The Bertz CT molecular complexity index is 476. The molecule has 0 radical (unpaired) electrons. The van der Waals surface area contributed by atoms with Gasteiger partial charge in [0.1, 0.15) is 0 Å². The van der Waals surface area contributed by atoms with Crippen LogP contribution >= 0.6 is 11.3 Å². The van der Waals surface area contributed by atoms with Crippen molar-refractivity contribution in [2.24, 2.45) is 5.92 Å². The van der Waals surface area contributed by atoms with E-state index in [0.29, 0.717) is 12.8 Å². The lowest BCUT2D eigenvalue weighted by Crippen LogP contribution is -2.17. The zero-order valence-electron chi connectivity index (χ0n) is 10.1. The molecule has 0 saturated carbocycles. The minimum atomic E-state index is -0.700. The third kappa shape index (κ3) is 3.70. The molecule has 2 aromatic rings. The van der Waals surface area contributed by atoms with Crippen LogP contribution in [0.5, 0.6) is 0 Å². The van der Waals surface area contributed by atoms with E-state index in [-0.39, 0.29) is 5.92 Å². The van der Waals surface area contributed by atoms with E-state index in [0.717, 1.165) is 12.0 Å². The van der Waals surface area contributed by atoms with Crippen molar-refractivity contribution in [3.05, 3.63) is 58.3 Å². The van der Waals surface area contributed by atoms with Crippen molar-refractivity contribution >= 4 is 17.3 Å². The molecule has 0 bridgehead atoms. The van der Waals surface area contributed by atoms with Crippen LogP contribution in [0, 0.1) is 5.92 Å². The van der Waals surface area contributed by atoms with Gasteiger partial charge in [-0.1, -0.05) is 30.3 Å². The van der Waals surface area contributed by atoms with Crippen LogP contribution in [0.4, 0.5) is 0 Å². The van der Waals surface area contributed by atoms with Crippen molar-refractivity contribution in [2.45, 2.75) is 19.3 Å². The highest BCUT2D eigenvalue weighted by atomic mass is 32.1. The molecule has 0 aliphatic carbocycles. The van der Waals surface area contributed by atoms with Crippen molar-refractivity contribution in [2.75, 3.05) is 0 Å². The SMILES string of the molecule is O=C(O)C(CCc1ccsc1)Cc1ccccc1. The number of aryl methyl sites for hydroxylation is 1. The van der Waals surface area contributed by atoms with Crippen LogP contribution in [0.2, 0.25) is 0 Å². The summed E-state index contributed by atoms with van der Waals surface area (Å²) >= 11 is 1.66. The number of hydrogen-bond acceptors (Lipinski definition) is 2. The maximum absolute atomic E-state index is 11.3. The number of carbonyl (C=O) groups is 1. The zero-order valence-corrected chi connectivity index (χ0v) is 10.9. The molecule has 3 heteroatoms. The summed E-state index contributed by atoms with van der Waals surface area (Å²) in [6, 6.07) is 11.9. The molecule has 0 saturated heterocycles. The third-order valence-electron chi connectivity index (χ3n) is 3.04. The Morgan fingerprint density at radius 3 is 2.56 bits per heavy atom. The van der Waals surface area contributed by atoms with Crippen LogP contribution < -0.4 is 0 Å². The Kier molecular flexibility index (Phi) is 4.53. The van der Waals surface area contributed by atoms with Crippen LogP contribution in [0.1, 0.15) is 17.5 Å². The second-order valence-corrected chi connectivity index (χ2v) is 5.18. The maximum Gasteiger partial charge on any atom is 0.306 e. The van der Waals surface area contributed by atoms with Gasteiger partial charge in [-0.05, 0) is 47.2 Å². The highest BCUT2D eigenvalue weighted by Crippen LogP contribution is 2.17. The number of carboxylic acid groups (broad SMARTS) is 1.